The van der Waals surface area contributed by atoms with Gasteiger partial charge in [0.1, 0.15) is 0 Å². The Morgan fingerprint density at radius 1 is 1.29 bits per heavy atom. The van der Waals surface area contributed by atoms with E-state index in [1.54, 1.807) is 29.2 Å². The molecule has 0 atom stereocenters. The fraction of sp³-hybridized carbons (Fsp3) is 0.500. The third-order valence-corrected chi connectivity index (χ3v) is 3.27. The van der Waals surface area contributed by atoms with E-state index in [1.165, 1.54) is 0 Å². The Bertz CT molecular complexity index is 486. The number of hydrogen-bond donors (Lipinski definition) is 2. The standard InChI is InChI=1S/C16H24N2O3/c1-4-11-18(12(2)3)16(21)17-10-9-13-7-5-6-8-14(13)15(19)20/h5-8,12H,4,9-11H2,1-3H3,(H,17,21)(H,19,20). The van der Waals surface area contributed by atoms with Crippen LogP contribution >= 0.6 is 0 Å². The van der Waals surface area contributed by atoms with Gasteiger partial charge >= 0.3 is 12.0 Å². The molecule has 0 aromatic heterocycles. The second kappa shape index (κ2) is 8.29. The maximum atomic E-state index is 12.1. The fourth-order valence-electron chi connectivity index (χ4n) is 2.19. The predicted molar refractivity (Wildman–Crippen MR) is 82.6 cm³/mol. The molecular weight excluding hydrogens is 268 g/mol. The molecule has 1 aromatic rings. The zero-order valence-electron chi connectivity index (χ0n) is 12.9. The topological polar surface area (TPSA) is 69.6 Å². The van der Waals surface area contributed by atoms with E-state index in [0.717, 1.165) is 18.5 Å². The minimum Gasteiger partial charge on any atom is -0.478 e. The molecule has 1 aromatic carbocycles. The van der Waals surface area contributed by atoms with Gasteiger partial charge in [-0.25, -0.2) is 9.59 Å². The smallest absolute Gasteiger partial charge is 0.335 e. The summed E-state index contributed by atoms with van der Waals surface area (Å²) in [6, 6.07) is 6.92. The predicted octanol–water partition coefficient (Wildman–Crippen LogP) is 2.76. The number of carbonyl (C=O) groups is 2. The highest BCUT2D eigenvalue weighted by molar-refractivity contribution is 5.89. The molecule has 0 saturated carbocycles. The first-order chi connectivity index (χ1) is 9.97. The summed E-state index contributed by atoms with van der Waals surface area (Å²) < 4.78 is 0. The summed E-state index contributed by atoms with van der Waals surface area (Å²) in [6.45, 7) is 7.14. The van der Waals surface area contributed by atoms with Crippen LogP contribution in [0.2, 0.25) is 0 Å². The van der Waals surface area contributed by atoms with Gasteiger partial charge in [-0.15, -0.1) is 0 Å². The highest BCUT2D eigenvalue weighted by Gasteiger charge is 2.15. The van der Waals surface area contributed by atoms with Gasteiger partial charge in [0.2, 0.25) is 0 Å². The first kappa shape index (κ1) is 17.0. The number of aromatic carboxylic acids is 1. The molecule has 0 aliphatic rings. The van der Waals surface area contributed by atoms with Gasteiger partial charge in [0.05, 0.1) is 5.56 Å². The second-order valence-corrected chi connectivity index (χ2v) is 5.23. The monoisotopic (exact) mass is 292 g/mol. The molecule has 1 rings (SSSR count). The van der Waals surface area contributed by atoms with Crippen molar-refractivity contribution in [2.24, 2.45) is 0 Å². The van der Waals surface area contributed by atoms with E-state index >= 15 is 0 Å². The van der Waals surface area contributed by atoms with Gasteiger partial charge in [0.25, 0.3) is 0 Å². The Kier molecular flexibility index (Phi) is 6.72. The van der Waals surface area contributed by atoms with E-state index in [4.69, 9.17) is 5.11 Å². The Balaban J connectivity index is 2.57. The maximum Gasteiger partial charge on any atom is 0.335 e. The number of amides is 2. The van der Waals surface area contributed by atoms with Crippen molar-refractivity contribution in [1.82, 2.24) is 10.2 Å². The lowest BCUT2D eigenvalue weighted by molar-refractivity contribution is 0.0695. The number of hydrogen-bond acceptors (Lipinski definition) is 2. The molecule has 21 heavy (non-hydrogen) atoms. The molecule has 0 aliphatic heterocycles. The summed E-state index contributed by atoms with van der Waals surface area (Å²) in [6.07, 6.45) is 1.42. The lowest BCUT2D eigenvalue weighted by Gasteiger charge is -2.26. The molecule has 5 nitrogen and oxygen atoms in total. The summed E-state index contributed by atoms with van der Waals surface area (Å²) in [5, 5.41) is 12.0. The van der Waals surface area contributed by atoms with Crippen molar-refractivity contribution in [2.45, 2.75) is 39.7 Å². The fourth-order valence-corrected chi connectivity index (χ4v) is 2.19. The summed E-state index contributed by atoms with van der Waals surface area (Å²) >= 11 is 0. The SMILES string of the molecule is CCCN(C(=O)NCCc1ccccc1C(=O)O)C(C)C. The molecule has 0 heterocycles. The van der Waals surface area contributed by atoms with Crippen LogP contribution in [0.15, 0.2) is 24.3 Å². The lowest BCUT2D eigenvalue weighted by atomic mass is 10.0. The van der Waals surface area contributed by atoms with Crippen LogP contribution in [0.25, 0.3) is 0 Å². The highest BCUT2D eigenvalue weighted by Crippen LogP contribution is 2.09. The quantitative estimate of drug-likeness (QED) is 0.812. The normalized spacial score (nSPS) is 10.5. The number of nitrogens with zero attached hydrogens (tertiary/aromatic N) is 1. The van der Waals surface area contributed by atoms with Gasteiger partial charge in [-0.1, -0.05) is 25.1 Å². The molecule has 2 amide bonds. The van der Waals surface area contributed by atoms with Crippen LogP contribution in [-0.4, -0.2) is 41.1 Å². The van der Waals surface area contributed by atoms with Crippen molar-refractivity contribution < 1.29 is 14.7 Å². The number of carbonyl (C=O) groups excluding carboxylic acids is 1. The van der Waals surface area contributed by atoms with Crippen LogP contribution < -0.4 is 5.32 Å². The van der Waals surface area contributed by atoms with E-state index in [0.29, 0.717) is 18.5 Å². The van der Waals surface area contributed by atoms with Gasteiger partial charge in [-0.2, -0.15) is 0 Å². The average Bonchev–Trinajstić information content (AvgIpc) is 2.44. The Hall–Kier alpha value is -2.04. The van der Waals surface area contributed by atoms with Crippen molar-refractivity contribution in [3.63, 3.8) is 0 Å². The van der Waals surface area contributed by atoms with Crippen LogP contribution in [0.1, 0.15) is 43.1 Å². The first-order valence-corrected chi connectivity index (χ1v) is 7.33. The summed E-state index contributed by atoms with van der Waals surface area (Å²) in [5.41, 5.74) is 1.03. The molecule has 0 aliphatic carbocycles. The van der Waals surface area contributed by atoms with Crippen molar-refractivity contribution >= 4 is 12.0 Å². The zero-order chi connectivity index (χ0) is 15.8. The van der Waals surface area contributed by atoms with E-state index in [9.17, 15) is 9.59 Å². The minimum absolute atomic E-state index is 0.0975. The second-order valence-electron chi connectivity index (χ2n) is 5.23. The van der Waals surface area contributed by atoms with Crippen molar-refractivity contribution in [1.29, 1.82) is 0 Å². The minimum atomic E-state index is -0.938. The third-order valence-electron chi connectivity index (χ3n) is 3.27. The number of carboxylic acids is 1. The zero-order valence-corrected chi connectivity index (χ0v) is 12.9. The van der Waals surface area contributed by atoms with E-state index in [-0.39, 0.29) is 12.1 Å². The van der Waals surface area contributed by atoms with Crippen LogP contribution in [0.5, 0.6) is 0 Å². The molecular formula is C16H24N2O3. The van der Waals surface area contributed by atoms with Gasteiger partial charge in [-0.05, 0) is 38.3 Å². The van der Waals surface area contributed by atoms with Gasteiger partial charge < -0.3 is 15.3 Å². The maximum absolute atomic E-state index is 12.1. The highest BCUT2D eigenvalue weighted by atomic mass is 16.4. The molecule has 0 fully saturated rings. The third kappa shape index (κ3) is 5.10. The Morgan fingerprint density at radius 3 is 2.52 bits per heavy atom. The van der Waals surface area contributed by atoms with Crippen LogP contribution in [0.4, 0.5) is 4.79 Å². The van der Waals surface area contributed by atoms with Crippen molar-refractivity contribution in [3.05, 3.63) is 35.4 Å². The Morgan fingerprint density at radius 2 is 1.95 bits per heavy atom. The van der Waals surface area contributed by atoms with E-state index < -0.39 is 5.97 Å². The molecule has 5 heteroatoms. The number of nitrogens with one attached hydrogen (secondary N) is 1. The molecule has 2 N–H and O–H groups in total. The average molecular weight is 292 g/mol. The summed E-state index contributed by atoms with van der Waals surface area (Å²) in [5.74, 6) is -0.938. The molecule has 0 radical (unpaired) electrons. The van der Waals surface area contributed by atoms with Gasteiger partial charge in [0.15, 0.2) is 0 Å². The van der Waals surface area contributed by atoms with E-state index in [1.807, 2.05) is 20.8 Å². The number of rotatable bonds is 7. The van der Waals surface area contributed by atoms with Gasteiger partial charge in [0, 0.05) is 19.1 Å². The molecule has 116 valence electrons. The molecule has 0 saturated heterocycles. The largest absolute Gasteiger partial charge is 0.478 e. The number of carboxylic acid groups (broad SMARTS) is 1. The van der Waals surface area contributed by atoms with Crippen molar-refractivity contribution in [2.75, 3.05) is 13.1 Å². The molecule has 0 bridgehead atoms. The summed E-state index contributed by atoms with van der Waals surface area (Å²) in [4.78, 5) is 25.0. The van der Waals surface area contributed by atoms with Crippen LogP contribution in [-0.2, 0) is 6.42 Å². The van der Waals surface area contributed by atoms with E-state index in [2.05, 4.69) is 5.32 Å². The van der Waals surface area contributed by atoms with Crippen LogP contribution in [0, 0.1) is 0 Å². The lowest BCUT2D eigenvalue weighted by Crippen LogP contribution is -2.44. The Labute approximate surface area is 126 Å². The van der Waals surface area contributed by atoms with Crippen molar-refractivity contribution in [3.8, 4) is 0 Å². The van der Waals surface area contributed by atoms with Crippen LogP contribution in [0.3, 0.4) is 0 Å². The van der Waals surface area contributed by atoms with Gasteiger partial charge in [-0.3, -0.25) is 0 Å². The summed E-state index contributed by atoms with van der Waals surface area (Å²) in [7, 11) is 0. The number of urea groups is 1. The first-order valence-electron chi connectivity index (χ1n) is 7.33. The molecule has 0 spiro atoms. The number of benzene rings is 1. The molecule has 0 unspecified atom stereocenters.